The second kappa shape index (κ2) is 10.5. The predicted molar refractivity (Wildman–Crippen MR) is 126 cm³/mol. The average Bonchev–Trinajstić information content (AvgIpc) is 3.05. The lowest BCUT2D eigenvalue weighted by Gasteiger charge is -2.40. The Kier molecular flexibility index (Phi) is 7.45. The highest BCUT2D eigenvalue weighted by molar-refractivity contribution is 9.10. The van der Waals surface area contributed by atoms with E-state index < -0.39 is 0 Å². The topological polar surface area (TPSA) is 35.6 Å². The third-order valence-corrected chi connectivity index (χ3v) is 6.98. The number of nitrogens with zero attached hydrogens (tertiary/aromatic N) is 2. The van der Waals surface area contributed by atoms with Crippen LogP contribution >= 0.6 is 15.9 Å². The molecule has 2 amide bonds. The number of nitrogens with one attached hydrogen (secondary N) is 1. The molecule has 2 aliphatic rings. The number of benzene rings is 2. The molecule has 1 N–H and O–H groups in total. The average molecular weight is 470 g/mol. The van der Waals surface area contributed by atoms with E-state index in [1.54, 1.807) is 0 Å². The summed E-state index contributed by atoms with van der Waals surface area (Å²) in [5, 5.41) is 3.31. The quantitative estimate of drug-likeness (QED) is 0.592. The largest absolute Gasteiger partial charge is 0.335 e. The number of hydrogen-bond donors (Lipinski definition) is 1. The van der Waals surface area contributed by atoms with Crippen molar-refractivity contribution in [3.05, 3.63) is 70.2 Å². The molecule has 1 aliphatic heterocycles. The maximum absolute atomic E-state index is 12.8. The fourth-order valence-corrected chi connectivity index (χ4v) is 5.03. The first kappa shape index (κ1) is 21.4. The number of amides is 2. The number of rotatable bonds is 4. The first-order chi connectivity index (χ1) is 14.7. The van der Waals surface area contributed by atoms with Crippen molar-refractivity contribution < 1.29 is 4.79 Å². The molecule has 1 atom stereocenters. The van der Waals surface area contributed by atoms with Gasteiger partial charge in [0.25, 0.3) is 0 Å². The van der Waals surface area contributed by atoms with Crippen molar-refractivity contribution in [2.75, 3.05) is 26.2 Å². The Balaban J connectivity index is 1.41. The van der Waals surface area contributed by atoms with Gasteiger partial charge in [-0.3, -0.25) is 4.90 Å². The van der Waals surface area contributed by atoms with E-state index in [9.17, 15) is 4.79 Å². The number of carbonyl (C=O) groups is 1. The van der Waals surface area contributed by atoms with Gasteiger partial charge in [-0.15, -0.1) is 0 Å². The molecule has 4 nitrogen and oxygen atoms in total. The van der Waals surface area contributed by atoms with Gasteiger partial charge in [-0.1, -0.05) is 84.1 Å². The normalized spacial score (nSPS) is 19.8. The summed E-state index contributed by atoms with van der Waals surface area (Å²) in [6.45, 7) is 3.32. The Hall–Kier alpha value is -1.85. The highest BCUT2D eigenvalue weighted by atomic mass is 79.9. The van der Waals surface area contributed by atoms with Gasteiger partial charge in [-0.2, -0.15) is 0 Å². The van der Waals surface area contributed by atoms with E-state index in [1.165, 1.54) is 36.8 Å². The number of hydrogen-bond acceptors (Lipinski definition) is 2. The van der Waals surface area contributed by atoms with Crippen LogP contribution in [0.2, 0.25) is 0 Å². The van der Waals surface area contributed by atoms with Gasteiger partial charge >= 0.3 is 6.03 Å². The van der Waals surface area contributed by atoms with Crippen LogP contribution in [0.3, 0.4) is 0 Å². The van der Waals surface area contributed by atoms with E-state index in [0.717, 1.165) is 43.5 Å². The molecule has 2 fully saturated rings. The fraction of sp³-hybridized carbons (Fsp3) is 0.480. The minimum atomic E-state index is 0.126. The van der Waals surface area contributed by atoms with Crippen molar-refractivity contribution >= 4 is 22.0 Å². The van der Waals surface area contributed by atoms with Crippen molar-refractivity contribution in [1.29, 1.82) is 0 Å². The summed E-state index contributed by atoms with van der Waals surface area (Å²) in [5.74, 6) is 0. The van der Waals surface area contributed by atoms with Crippen LogP contribution in [0.5, 0.6) is 0 Å². The highest BCUT2D eigenvalue weighted by Gasteiger charge is 2.29. The molecule has 0 bridgehead atoms. The van der Waals surface area contributed by atoms with E-state index >= 15 is 0 Å². The number of piperazine rings is 1. The van der Waals surface area contributed by atoms with Gasteiger partial charge in [-0.25, -0.2) is 4.79 Å². The molecule has 2 aromatic carbocycles. The first-order valence-electron chi connectivity index (χ1n) is 11.3. The molecule has 1 saturated heterocycles. The zero-order valence-electron chi connectivity index (χ0n) is 17.6. The summed E-state index contributed by atoms with van der Waals surface area (Å²) in [6.07, 6.45) is 7.36. The Bertz CT molecular complexity index is 795. The number of urea groups is 1. The molecule has 2 aromatic rings. The SMILES string of the molecule is O=C(NC1CCCCCC1)N1CCN([C@H](c2ccccc2)c2ccc(Br)cc2)CC1. The fourth-order valence-electron chi connectivity index (χ4n) is 4.77. The molecular formula is C25H32BrN3O. The van der Waals surface area contributed by atoms with E-state index in [4.69, 9.17) is 0 Å². The van der Waals surface area contributed by atoms with Crippen LogP contribution in [0.4, 0.5) is 4.79 Å². The standard InChI is InChI=1S/C25H32BrN3O/c26-22-14-12-21(13-15-22)24(20-8-4-3-5-9-20)28-16-18-29(19-17-28)25(30)27-23-10-6-1-2-7-11-23/h3-5,8-9,12-15,23-24H,1-2,6-7,10-11,16-19H2,(H,27,30)/t24-/m1/s1. The summed E-state index contributed by atoms with van der Waals surface area (Å²) in [7, 11) is 0. The van der Waals surface area contributed by atoms with E-state index in [2.05, 4.69) is 80.7 Å². The summed E-state index contributed by atoms with van der Waals surface area (Å²) >= 11 is 3.55. The second-order valence-electron chi connectivity index (χ2n) is 8.53. The van der Waals surface area contributed by atoms with Gasteiger partial charge in [-0.05, 0) is 36.1 Å². The minimum absolute atomic E-state index is 0.126. The smallest absolute Gasteiger partial charge is 0.317 e. The van der Waals surface area contributed by atoms with Crippen LogP contribution in [-0.2, 0) is 0 Å². The molecule has 0 spiro atoms. The Morgan fingerprint density at radius 3 is 2.07 bits per heavy atom. The third kappa shape index (κ3) is 5.44. The molecule has 0 unspecified atom stereocenters. The highest BCUT2D eigenvalue weighted by Crippen LogP contribution is 2.30. The molecule has 5 heteroatoms. The zero-order chi connectivity index (χ0) is 20.8. The minimum Gasteiger partial charge on any atom is -0.335 e. The number of carbonyl (C=O) groups excluding carboxylic acids is 1. The van der Waals surface area contributed by atoms with Crippen LogP contribution < -0.4 is 5.32 Å². The summed E-state index contributed by atoms with van der Waals surface area (Å²) in [4.78, 5) is 17.3. The Labute approximate surface area is 188 Å². The predicted octanol–water partition coefficient (Wildman–Crippen LogP) is 5.59. The molecule has 30 heavy (non-hydrogen) atoms. The lowest BCUT2D eigenvalue weighted by atomic mass is 9.96. The lowest BCUT2D eigenvalue weighted by molar-refractivity contribution is 0.118. The Morgan fingerprint density at radius 1 is 0.833 bits per heavy atom. The molecule has 0 radical (unpaired) electrons. The molecular weight excluding hydrogens is 438 g/mol. The maximum Gasteiger partial charge on any atom is 0.317 e. The van der Waals surface area contributed by atoms with E-state index in [1.807, 2.05) is 4.90 Å². The van der Waals surface area contributed by atoms with Crippen LogP contribution in [0.1, 0.15) is 55.7 Å². The molecule has 160 valence electrons. The van der Waals surface area contributed by atoms with Gasteiger partial charge in [0.1, 0.15) is 0 Å². The number of halogens is 1. The van der Waals surface area contributed by atoms with Crippen LogP contribution in [0.25, 0.3) is 0 Å². The van der Waals surface area contributed by atoms with Crippen molar-refractivity contribution in [3.8, 4) is 0 Å². The Morgan fingerprint density at radius 2 is 1.43 bits per heavy atom. The molecule has 1 saturated carbocycles. The van der Waals surface area contributed by atoms with Gasteiger partial charge in [0.15, 0.2) is 0 Å². The van der Waals surface area contributed by atoms with Gasteiger partial charge < -0.3 is 10.2 Å². The van der Waals surface area contributed by atoms with Gasteiger partial charge in [0, 0.05) is 36.7 Å². The second-order valence-corrected chi connectivity index (χ2v) is 9.44. The molecule has 1 heterocycles. The molecule has 0 aromatic heterocycles. The summed E-state index contributed by atoms with van der Waals surface area (Å²) in [6, 6.07) is 20.0. The molecule has 1 aliphatic carbocycles. The van der Waals surface area contributed by atoms with Crippen LogP contribution in [-0.4, -0.2) is 48.1 Å². The summed E-state index contributed by atoms with van der Waals surface area (Å²) < 4.78 is 1.10. The van der Waals surface area contributed by atoms with E-state index in [0.29, 0.717) is 6.04 Å². The van der Waals surface area contributed by atoms with E-state index in [-0.39, 0.29) is 12.1 Å². The van der Waals surface area contributed by atoms with Crippen LogP contribution in [0.15, 0.2) is 59.1 Å². The first-order valence-corrected chi connectivity index (χ1v) is 12.1. The maximum atomic E-state index is 12.8. The van der Waals surface area contributed by atoms with Crippen LogP contribution in [0, 0.1) is 0 Å². The van der Waals surface area contributed by atoms with Crippen molar-refractivity contribution in [3.63, 3.8) is 0 Å². The third-order valence-electron chi connectivity index (χ3n) is 6.45. The van der Waals surface area contributed by atoms with Gasteiger partial charge in [0.2, 0.25) is 0 Å². The lowest BCUT2D eigenvalue weighted by Crippen LogP contribution is -2.54. The van der Waals surface area contributed by atoms with Crippen molar-refractivity contribution in [2.24, 2.45) is 0 Å². The van der Waals surface area contributed by atoms with Gasteiger partial charge in [0.05, 0.1) is 6.04 Å². The zero-order valence-corrected chi connectivity index (χ0v) is 19.2. The monoisotopic (exact) mass is 469 g/mol. The summed E-state index contributed by atoms with van der Waals surface area (Å²) in [5.41, 5.74) is 2.59. The van der Waals surface area contributed by atoms with Crippen molar-refractivity contribution in [1.82, 2.24) is 15.1 Å². The molecule has 4 rings (SSSR count). The van der Waals surface area contributed by atoms with Crippen molar-refractivity contribution in [2.45, 2.75) is 50.6 Å².